The average Bonchev–Trinajstić information content (AvgIpc) is 3.14. The van der Waals surface area contributed by atoms with Gasteiger partial charge in [-0.2, -0.15) is 0 Å². The molecule has 0 spiro atoms. The summed E-state index contributed by atoms with van der Waals surface area (Å²) in [6.07, 6.45) is 5.18. The number of pyridine rings is 1. The van der Waals surface area contributed by atoms with E-state index in [1.165, 1.54) is 6.20 Å². The molecule has 0 saturated heterocycles. The summed E-state index contributed by atoms with van der Waals surface area (Å²) in [5.41, 5.74) is 6.21. The molecule has 1 saturated carbocycles. The lowest BCUT2D eigenvalue weighted by atomic mass is 10.2. The maximum absolute atomic E-state index is 12.4. The van der Waals surface area contributed by atoms with E-state index in [4.69, 9.17) is 5.73 Å². The van der Waals surface area contributed by atoms with E-state index in [1.807, 2.05) is 0 Å². The Hall–Kier alpha value is -1.44. The van der Waals surface area contributed by atoms with Gasteiger partial charge in [-0.25, -0.2) is 18.1 Å². The first-order valence-corrected chi connectivity index (χ1v) is 7.74. The molecule has 6 nitrogen and oxygen atoms in total. The molecule has 7 heteroatoms. The second-order valence-corrected chi connectivity index (χ2v) is 6.54. The number of aromatic nitrogens is 2. The van der Waals surface area contributed by atoms with Gasteiger partial charge < -0.3 is 10.7 Å². The van der Waals surface area contributed by atoms with Gasteiger partial charge in [0.15, 0.2) is 0 Å². The van der Waals surface area contributed by atoms with Crippen molar-refractivity contribution >= 4 is 21.1 Å². The summed E-state index contributed by atoms with van der Waals surface area (Å²) >= 11 is 0. The zero-order valence-electron chi connectivity index (χ0n) is 10.3. The summed E-state index contributed by atoms with van der Waals surface area (Å²) in [4.78, 5) is 7.19. The minimum atomic E-state index is -3.56. The minimum Gasteiger partial charge on any atom is -0.345 e. The Balaban J connectivity index is 1.95. The van der Waals surface area contributed by atoms with E-state index in [-0.39, 0.29) is 10.9 Å². The minimum absolute atomic E-state index is 0.174. The fourth-order valence-electron chi connectivity index (χ4n) is 2.25. The molecule has 0 bridgehead atoms. The highest BCUT2D eigenvalue weighted by Gasteiger charge is 2.34. The van der Waals surface area contributed by atoms with Crippen LogP contribution < -0.4 is 10.5 Å². The molecule has 0 radical (unpaired) electrons. The average molecular weight is 280 g/mol. The van der Waals surface area contributed by atoms with Crippen molar-refractivity contribution in [2.24, 2.45) is 11.7 Å². The highest BCUT2D eigenvalue weighted by molar-refractivity contribution is 7.89. The molecular formula is C12H16N4O2S. The van der Waals surface area contributed by atoms with Gasteiger partial charge in [-0.1, -0.05) is 0 Å². The summed E-state index contributed by atoms with van der Waals surface area (Å²) in [6.45, 7) is 0.324. The van der Waals surface area contributed by atoms with Gasteiger partial charge in [-0.15, -0.1) is 0 Å². The fraction of sp³-hybridized carbons (Fsp3) is 0.417. The molecule has 19 heavy (non-hydrogen) atoms. The van der Waals surface area contributed by atoms with Crippen LogP contribution >= 0.6 is 0 Å². The van der Waals surface area contributed by atoms with Gasteiger partial charge >= 0.3 is 0 Å². The van der Waals surface area contributed by atoms with Gasteiger partial charge in [0, 0.05) is 30.4 Å². The second kappa shape index (κ2) is 4.59. The Morgan fingerprint density at radius 1 is 1.53 bits per heavy atom. The molecular weight excluding hydrogens is 264 g/mol. The van der Waals surface area contributed by atoms with Gasteiger partial charge in [0.25, 0.3) is 0 Å². The number of H-pyrrole nitrogens is 1. The van der Waals surface area contributed by atoms with Gasteiger partial charge in [-0.3, -0.25) is 0 Å². The van der Waals surface area contributed by atoms with E-state index in [9.17, 15) is 8.42 Å². The summed E-state index contributed by atoms with van der Waals surface area (Å²) in [7, 11) is -3.56. The van der Waals surface area contributed by atoms with E-state index >= 15 is 0 Å². The van der Waals surface area contributed by atoms with Crippen LogP contribution in [0, 0.1) is 5.92 Å². The number of sulfonamides is 1. The molecule has 0 aliphatic heterocycles. The van der Waals surface area contributed by atoms with Crippen LogP contribution in [0.4, 0.5) is 0 Å². The van der Waals surface area contributed by atoms with E-state index in [2.05, 4.69) is 14.7 Å². The van der Waals surface area contributed by atoms with Crippen LogP contribution in [0.3, 0.4) is 0 Å². The molecule has 1 aliphatic carbocycles. The van der Waals surface area contributed by atoms with Gasteiger partial charge in [0.2, 0.25) is 10.0 Å². The van der Waals surface area contributed by atoms with Crippen molar-refractivity contribution in [1.29, 1.82) is 0 Å². The van der Waals surface area contributed by atoms with Crippen LogP contribution in [0.5, 0.6) is 0 Å². The van der Waals surface area contributed by atoms with Crippen molar-refractivity contribution in [2.75, 3.05) is 6.54 Å². The highest BCUT2D eigenvalue weighted by atomic mass is 32.2. The van der Waals surface area contributed by atoms with Crippen LogP contribution in [-0.4, -0.2) is 31.0 Å². The maximum Gasteiger partial charge on any atom is 0.243 e. The third-order valence-corrected chi connectivity index (χ3v) is 4.98. The molecule has 1 atom stereocenters. The maximum atomic E-state index is 12.4. The number of nitrogens with one attached hydrogen (secondary N) is 2. The monoisotopic (exact) mass is 280 g/mol. The Bertz CT molecular complexity index is 691. The van der Waals surface area contributed by atoms with Crippen molar-refractivity contribution in [2.45, 2.75) is 23.8 Å². The Morgan fingerprint density at radius 3 is 3.00 bits per heavy atom. The normalized spacial score (nSPS) is 17.7. The van der Waals surface area contributed by atoms with Gasteiger partial charge in [-0.05, 0) is 30.9 Å². The zero-order chi connectivity index (χ0) is 13.5. The lowest BCUT2D eigenvalue weighted by molar-refractivity contribution is 0.519. The quantitative estimate of drug-likeness (QED) is 0.745. The first-order valence-electron chi connectivity index (χ1n) is 6.26. The van der Waals surface area contributed by atoms with Crippen LogP contribution in [0.2, 0.25) is 0 Å². The molecule has 3 rings (SSSR count). The topological polar surface area (TPSA) is 101 Å². The second-order valence-electron chi connectivity index (χ2n) is 4.85. The molecule has 4 N–H and O–H groups in total. The third kappa shape index (κ3) is 2.36. The molecule has 1 aliphatic rings. The molecule has 1 unspecified atom stereocenters. The first kappa shape index (κ1) is 12.6. The summed E-state index contributed by atoms with van der Waals surface area (Å²) in [5, 5.41) is 0.599. The zero-order valence-corrected chi connectivity index (χ0v) is 11.2. The van der Waals surface area contributed by atoms with Crippen LogP contribution in [-0.2, 0) is 10.0 Å². The van der Waals surface area contributed by atoms with Crippen molar-refractivity contribution in [3.05, 3.63) is 24.5 Å². The molecule has 0 amide bonds. The van der Waals surface area contributed by atoms with Crippen LogP contribution in [0.15, 0.2) is 29.4 Å². The van der Waals surface area contributed by atoms with Crippen LogP contribution in [0.1, 0.15) is 12.8 Å². The highest BCUT2D eigenvalue weighted by Crippen LogP contribution is 2.33. The standard InChI is InChI=1S/C12H16N4O2S/c13-6-10(8-3-4-8)16-19(17,18)11-7-15-12-9(11)2-1-5-14-12/h1-2,5,7-8,10,16H,3-4,6,13H2,(H,14,15). The lowest BCUT2D eigenvalue weighted by Gasteiger charge is -2.15. The smallest absolute Gasteiger partial charge is 0.243 e. The molecule has 2 heterocycles. The predicted octanol–water partition coefficient (Wildman–Crippen LogP) is 0.579. The number of nitrogens with zero attached hydrogens (tertiary/aromatic N) is 1. The van der Waals surface area contributed by atoms with Crippen molar-refractivity contribution in [3.63, 3.8) is 0 Å². The lowest BCUT2D eigenvalue weighted by Crippen LogP contribution is -2.41. The van der Waals surface area contributed by atoms with E-state index in [0.29, 0.717) is 23.5 Å². The molecule has 2 aromatic rings. The Labute approximate surface area is 111 Å². The molecule has 102 valence electrons. The van der Waals surface area contributed by atoms with E-state index < -0.39 is 10.0 Å². The van der Waals surface area contributed by atoms with Crippen molar-refractivity contribution < 1.29 is 8.42 Å². The fourth-order valence-corrected chi connectivity index (χ4v) is 3.73. The van der Waals surface area contributed by atoms with Crippen LogP contribution in [0.25, 0.3) is 11.0 Å². The Kier molecular flexibility index (Phi) is 3.04. The molecule has 2 aromatic heterocycles. The van der Waals surface area contributed by atoms with Crippen molar-refractivity contribution in [1.82, 2.24) is 14.7 Å². The number of rotatable bonds is 5. The largest absolute Gasteiger partial charge is 0.345 e. The van der Waals surface area contributed by atoms with E-state index in [0.717, 1.165) is 12.8 Å². The number of nitrogens with two attached hydrogens (primary N) is 1. The number of hydrogen-bond acceptors (Lipinski definition) is 4. The third-order valence-electron chi connectivity index (χ3n) is 3.45. The molecule has 0 aromatic carbocycles. The summed E-state index contributed by atoms with van der Waals surface area (Å²) < 4.78 is 27.5. The van der Waals surface area contributed by atoms with Gasteiger partial charge in [0.05, 0.1) is 0 Å². The number of fused-ring (bicyclic) bond motifs is 1. The van der Waals surface area contributed by atoms with E-state index in [1.54, 1.807) is 18.3 Å². The Morgan fingerprint density at radius 2 is 2.32 bits per heavy atom. The van der Waals surface area contributed by atoms with Crippen molar-refractivity contribution in [3.8, 4) is 0 Å². The number of aromatic amines is 1. The number of hydrogen-bond donors (Lipinski definition) is 3. The summed E-state index contributed by atoms with van der Waals surface area (Å²) in [5.74, 6) is 0.378. The molecule has 1 fully saturated rings. The van der Waals surface area contributed by atoms with Gasteiger partial charge in [0.1, 0.15) is 10.5 Å². The summed E-state index contributed by atoms with van der Waals surface area (Å²) in [6, 6.07) is 3.28. The predicted molar refractivity (Wildman–Crippen MR) is 72.0 cm³/mol. The SMILES string of the molecule is NCC(NS(=O)(=O)c1c[nH]c2ncccc12)C1CC1. The first-order chi connectivity index (χ1) is 9.12.